The molecule has 6 heteroatoms. The molecule has 0 aliphatic carbocycles. The van der Waals surface area contributed by atoms with Crippen LogP contribution in [0, 0.1) is 5.92 Å². The van der Waals surface area contributed by atoms with Crippen LogP contribution in [0.15, 0.2) is 18.3 Å². The molecule has 1 aromatic rings. The molecule has 0 radical (unpaired) electrons. The summed E-state index contributed by atoms with van der Waals surface area (Å²) in [6.07, 6.45) is 4.32. The monoisotopic (exact) mass is 320 g/mol. The first-order valence-electron chi connectivity index (χ1n) is 8.35. The molecule has 0 saturated carbocycles. The SMILES string of the molecule is COCCNCC(=O)NCc1ccc(N2CCC(C)CC2)nc1. The van der Waals surface area contributed by atoms with Gasteiger partial charge < -0.3 is 20.3 Å². The van der Waals surface area contributed by atoms with Crippen LogP contribution in [0.25, 0.3) is 0 Å². The van der Waals surface area contributed by atoms with Gasteiger partial charge in [-0.15, -0.1) is 0 Å². The van der Waals surface area contributed by atoms with Gasteiger partial charge in [-0.25, -0.2) is 4.98 Å². The maximum absolute atomic E-state index is 11.7. The Morgan fingerprint density at radius 3 is 2.83 bits per heavy atom. The van der Waals surface area contributed by atoms with Crippen molar-refractivity contribution in [2.45, 2.75) is 26.3 Å². The number of pyridine rings is 1. The molecule has 2 heterocycles. The summed E-state index contributed by atoms with van der Waals surface area (Å²) in [5.41, 5.74) is 1.02. The van der Waals surface area contributed by atoms with Crippen molar-refractivity contribution in [1.82, 2.24) is 15.6 Å². The lowest BCUT2D eigenvalue weighted by atomic mass is 9.99. The van der Waals surface area contributed by atoms with Gasteiger partial charge in [0.25, 0.3) is 0 Å². The molecule has 1 fully saturated rings. The molecule has 2 rings (SSSR count). The lowest BCUT2D eigenvalue weighted by molar-refractivity contribution is -0.120. The van der Waals surface area contributed by atoms with Crippen LogP contribution < -0.4 is 15.5 Å². The molecule has 0 bridgehead atoms. The van der Waals surface area contributed by atoms with Crippen LogP contribution in [-0.4, -0.2) is 50.8 Å². The molecule has 1 aliphatic heterocycles. The van der Waals surface area contributed by atoms with E-state index in [4.69, 9.17) is 4.74 Å². The number of piperidine rings is 1. The van der Waals surface area contributed by atoms with Crippen LogP contribution in [0.2, 0.25) is 0 Å². The molecule has 1 aliphatic rings. The summed E-state index contributed by atoms with van der Waals surface area (Å²) < 4.78 is 4.91. The first-order chi connectivity index (χ1) is 11.2. The molecule has 1 saturated heterocycles. The van der Waals surface area contributed by atoms with E-state index in [1.165, 1.54) is 12.8 Å². The van der Waals surface area contributed by atoms with E-state index in [0.717, 1.165) is 30.4 Å². The van der Waals surface area contributed by atoms with Gasteiger partial charge in [0.15, 0.2) is 0 Å². The molecule has 1 aromatic heterocycles. The first kappa shape index (κ1) is 17.7. The number of aromatic nitrogens is 1. The number of rotatable bonds is 8. The highest BCUT2D eigenvalue weighted by Crippen LogP contribution is 2.21. The molecule has 128 valence electrons. The second kappa shape index (κ2) is 9.47. The molecule has 0 unspecified atom stereocenters. The number of ether oxygens (including phenoxy) is 1. The zero-order valence-corrected chi connectivity index (χ0v) is 14.2. The molecule has 0 atom stereocenters. The Kier molecular flexibility index (Phi) is 7.29. The molecule has 6 nitrogen and oxygen atoms in total. The topological polar surface area (TPSA) is 66.5 Å². The van der Waals surface area contributed by atoms with E-state index < -0.39 is 0 Å². The third kappa shape index (κ3) is 6.15. The minimum absolute atomic E-state index is 0.0183. The van der Waals surface area contributed by atoms with E-state index >= 15 is 0 Å². The number of amides is 1. The van der Waals surface area contributed by atoms with Gasteiger partial charge in [-0.3, -0.25) is 4.79 Å². The number of nitrogens with one attached hydrogen (secondary N) is 2. The fourth-order valence-corrected chi connectivity index (χ4v) is 2.59. The summed E-state index contributed by atoms with van der Waals surface area (Å²) in [5, 5.41) is 5.90. The zero-order chi connectivity index (χ0) is 16.5. The summed E-state index contributed by atoms with van der Waals surface area (Å²) in [4.78, 5) is 18.6. The zero-order valence-electron chi connectivity index (χ0n) is 14.2. The number of hydrogen-bond donors (Lipinski definition) is 2. The molecular formula is C17H28N4O2. The number of anilines is 1. The third-order valence-corrected chi connectivity index (χ3v) is 4.17. The minimum atomic E-state index is -0.0183. The summed E-state index contributed by atoms with van der Waals surface area (Å²) in [6.45, 7) is 6.56. The highest BCUT2D eigenvalue weighted by molar-refractivity contribution is 5.77. The van der Waals surface area contributed by atoms with Crippen molar-refractivity contribution in [2.75, 3.05) is 44.8 Å². The summed E-state index contributed by atoms with van der Waals surface area (Å²) in [6, 6.07) is 4.09. The molecule has 1 amide bonds. The largest absolute Gasteiger partial charge is 0.383 e. The summed E-state index contributed by atoms with van der Waals surface area (Å²) in [5.74, 6) is 1.83. The maximum Gasteiger partial charge on any atom is 0.234 e. The first-order valence-corrected chi connectivity index (χ1v) is 8.35. The molecule has 23 heavy (non-hydrogen) atoms. The van der Waals surface area contributed by atoms with E-state index in [0.29, 0.717) is 26.2 Å². The smallest absolute Gasteiger partial charge is 0.234 e. The average molecular weight is 320 g/mol. The second-order valence-corrected chi connectivity index (χ2v) is 6.14. The Morgan fingerprint density at radius 2 is 2.17 bits per heavy atom. The van der Waals surface area contributed by atoms with E-state index in [1.807, 2.05) is 18.3 Å². The minimum Gasteiger partial charge on any atom is -0.383 e. The van der Waals surface area contributed by atoms with E-state index in [2.05, 4.69) is 27.4 Å². The molecule has 0 spiro atoms. The van der Waals surface area contributed by atoms with Crippen molar-refractivity contribution in [2.24, 2.45) is 5.92 Å². The average Bonchev–Trinajstić information content (AvgIpc) is 2.58. The lowest BCUT2D eigenvalue weighted by Crippen LogP contribution is -2.35. The van der Waals surface area contributed by atoms with Gasteiger partial charge in [0.2, 0.25) is 5.91 Å². The van der Waals surface area contributed by atoms with Gasteiger partial charge in [0.1, 0.15) is 5.82 Å². The van der Waals surface area contributed by atoms with Crippen LogP contribution in [0.4, 0.5) is 5.82 Å². The van der Waals surface area contributed by atoms with Gasteiger partial charge in [0, 0.05) is 39.5 Å². The normalized spacial score (nSPS) is 15.7. The van der Waals surface area contributed by atoms with Crippen molar-refractivity contribution in [3.05, 3.63) is 23.9 Å². The summed E-state index contributed by atoms with van der Waals surface area (Å²) >= 11 is 0. The van der Waals surface area contributed by atoms with Crippen LogP contribution in [0.1, 0.15) is 25.3 Å². The third-order valence-electron chi connectivity index (χ3n) is 4.17. The number of carbonyl (C=O) groups excluding carboxylic acids is 1. The molecule has 2 N–H and O–H groups in total. The molecular weight excluding hydrogens is 292 g/mol. The Labute approximate surface area is 138 Å². The lowest BCUT2D eigenvalue weighted by Gasteiger charge is -2.31. The van der Waals surface area contributed by atoms with Crippen LogP contribution in [0.3, 0.4) is 0 Å². The summed E-state index contributed by atoms with van der Waals surface area (Å²) in [7, 11) is 1.64. The van der Waals surface area contributed by atoms with Crippen LogP contribution >= 0.6 is 0 Å². The van der Waals surface area contributed by atoms with E-state index in [1.54, 1.807) is 7.11 Å². The number of methoxy groups -OCH3 is 1. The van der Waals surface area contributed by atoms with Crippen LogP contribution in [-0.2, 0) is 16.1 Å². The quantitative estimate of drug-likeness (QED) is 0.704. The number of hydrogen-bond acceptors (Lipinski definition) is 5. The highest BCUT2D eigenvalue weighted by Gasteiger charge is 2.16. The van der Waals surface area contributed by atoms with Gasteiger partial charge in [-0.1, -0.05) is 13.0 Å². The highest BCUT2D eigenvalue weighted by atomic mass is 16.5. The van der Waals surface area contributed by atoms with Gasteiger partial charge in [-0.2, -0.15) is 0 Å². The Morgan fingerprint density at radius 1 is 1.39 bits per heavy atom. The van der Waals surface area contributed by atoms with Crippen molar-refractivity contribution in [3.8, 4) is 0 Å². The second-order valence-electron chi connectivity index (χ2n) is 6.14. The van der Waals surface area contributed by atoms with Gasteiger partial charge >= 0.3 is 0 Å². The fraction of sp³-hybridized carbons (Fsp3) is 0.647. The number of nitrogens with zero attached hydrogens (tertiary/aromatic N) is 2. The van der Waals surface area contributed by atoms with E-state index in [-0.39, 0.29) is 5.91 Å². The molecule has 0 aromatic carbocycles. The van der Waals surface area contributed by atoms with E-state index in [9.17, 15) is 4.79 Å². The fourth-order valence-electron chi connectivity index (χ4n) is 2.59. The predicted octanol–water partition coefficient (Wildman–Crippen LogP) is 1.17. The Balaban J connectivity index is 1.71. The van der Waals surface area contributed by atoms with Crippen molar-refractivity contribution in [1.29, 1.82) is 0 Å². The number of carbonyl (C=O) groups is 1. The Hall–Kier alpha value is -1.66. The van der Waals surface area contributed by atoms with Gasteiger partial charge in [-0.05, 0) is 30.4 Å². The standard InChI is InChI=1S/C17H28N4O2/c1-14-5-8-21(9-6-14)16-4-3-15(11-19-16)12-20-17(22)13-18-7-10-23-2/h3-4,11,14,18H,5-10,12-13H2,1-2H3,(H,20,22). The Bertz CT molecular complexity index is 470. The van der Waals surface area contributed by atoms with Crippen molar-refractivity contribution < 1.29 is 9.53 Å². The van der Waals surface area contributed by atoms with Crippen molar-refractivity contribution in [3.63, 3.8) is 0 Å². The maximum atomic E-state index is 11.7. The predicted molar refractivity (Wildman–Crippen MR) is 91.4 cm³/mol. The van der Waals surface area contributed by atoms with Gasteiger partial charge in [0.05, 0.1) is 13.2 Å². The van der Waals surface area contributed by atoms with Crippen molar-refractivity contribution >= 4 is 11.7 Å². The van der Waals surface area contributed by atoms with Crippen LogP contribution in [0.5, 0.6) is 0 Å².